The summed E-state index contributed by atoms with van der Waals surface area (Å²) in [6.07, 6.45) is 4.82. The fourth-order valence-electron chi connectivity index (χ4n) is 3.91. The third-order valence-corrected chi connectivity index (χ3v) is 5.89. The van der Waals surface area contributed by atoms with Gasteiger partial charge < -0.3 is 19.9 Å². The molecule has 1 atom stereocenters. The number of carbonyl (C=O) groups is 2. The van der Waals surface area contributed by atoms with E-state index >= 15 is 0 Å². The van der Waals surface area contributed by atoms with Crippen molar-refractivity contribution in [3.05, 3.63) is 30.0 Å². The van der Waals surface area contributed by atoms with Gasteiger partial charge in [0.15, 0.2) is 0 Å². The fourth-order valence-corrected chi connectivity index (χ4v) is 3.91. The predicted molar refractivity (Wildman–Crippen MR) is 99.3 cm³/mol. The second-order valence-electron chi connectivity index (χ2n) is 7.63. The number of nitrogens with one attached hydrogen (secondary N) is 2. The summed E-state index contributed by atoms with van der Waals surface area (Å²) in [6.45, 7) is 3.37. The molecule has 4 rings (SSSR count). The van der Waals surface area contributed by atoms with Crippen molar-refractivity contribution in [2.24, 2.45) is 5.41 Å². The monoisotopic (exact) mass is 355 g/mol. The van der Waals surface area contributed by atoms with E-state index in [2.05, 4.69) is 10.3 Å². The second kappa shape index (κ2) is 6.34. The molecule has 2 amide bonds. The molecule has 1 spiro atoms. The van der Waals surface area contributed by atoms with E-state index in [0.29, 0.717) is 16.9 Å². The minimum absolute atomic E-state index is 0.00235. The molecular formula is C20H25N3O3. The number of aromatic amines is 1. The number of ether oxygens (including phenoxy) is 1. The quantitative estimate of drug-likeness (QED) is 0.885. The first-order valence-corrected chi connectivity index (χ1v) is 9.27. The molecule has 26 heavy (non-hydrogen) atoms. The van der Waals surface area contributed by atoms with Crippen molar-refractivity contribution in [3.63, 3.8) is 0 Å². The summed E-state index contributed by atoms with van der Waals surface area (Å²) in [6, 6.07) is 6.88. The molecule has 6 heteroatoms. The molecular weight excluding hydrogens is 330 g/mol. The van der Waals surface area contributed by atoms with Crippen LogP contribution < -0.4 is 10.1 Å². The summed E-state index contributed by atoms with van der Waals surface area (Å²) in [5.74, 6) is 0.412. The highest BCUT2D eigenvalue weighted by atomic mass is 16.5. The highest BCUT2D eigenvalue weighted by Gasteiger charge is 2.45. The van der Waals surface area contributed by atoms with Gasteiger partial charge in [0.1, 0.15) is 17.5 Å². The van der Waals surface area contributed by atoms with Crippen LogP contribution in [0.15, 0.2) is 24.3 Å². The number of para-hydroxylation sites is 1. The Morgan fingerprint density at radius 2 is 1.96 bits per heavy atom. The van der Waals surface area contributed by atoms with Crippen LogP contribution in [0.4, 0.5) is 0 Å². The summed E-state index contributed by atoms with van der Waals surface area (Å²) in [5, 5.41) is 3.73. The Balaban J connectivity index is 1.41. The number of methoxy groups -OCH3 is 1. The van der Waals surface area contributed by atoms with Gasteiger partial charge in [-0.05, 0) is 50.2 Å². The van der Waals surface area contributed by atoms with Crippen LogP contribution >= 0.6 is 0 Å². The zero-order valence-electron chi connectivity index (χ0n) is 15.3. The van der Waals surface area contributed by atoms with Gasteiger partial charge >= 0.3 is 0 Å². The van der Waals surface area contributed by atoms with Crippen LogP contribution in [0, 0.1) is 5.41 Å². The first-order chi connectivity index (χ1) is 12.5. The molecule has 2 heterocycles. The van der Waals surface area contributed by atoms with E-state index in [0.717, 1.165) is 36.8 Å². The van der Waals surface area contributed by atoms with Gasteiger partial charge in [0, 0.05) is 18.5 Å². The van der Waals surface area contributed by atoms with Crippen LogP contribution in [-0.2, 0) is 4.79 Å². The molecule has 0 unspecified atom stereocenters. The lowest BCUT2D eigenvalue weighted by Crippen LogP contribution is -2.49. The highest BCUT2D eigenvalue weighted by molar-refractivity contribution is 6.01. The van der Waals surface area contributed by atoms with E-state index in [1.54, 1.807) is 20.1 Å². The number of rotatable bonds is 4. The van der Waals surface area contributed by atoms with Crippen molar-refractivity contribution < 1.29 is 14.3 Å². The Morgan fingerprint density at radius 3 is 2.62 bits per heavy atom. The van der Waals surface area contributed by atoms with Gasteiger partial charge in [-0.2, -0.15) is 0 Å². The minimum Gasteiger partial charge on any atom is -0.495 e. The average molecular weight is 355 g/mol. The molecule has 1 aromatic carbocycles. The molecule has 1 saturated carbocycles. The van der Waals surface area contributed by atoms with Gasteiger partial charge in [-0.15, -0.1) is 0 Å². The molecule has 138 valence electrons. The van der Waals surface area contributed by atoms with Gasteiger partial charge in [0.25, 0.3) is 5.91 Å². The van der Waals surface area contributed by atoms with E-state index in [9.17, 15) is 9.59 Å². The maximum atomic E-state index is 12.6. The minimum atomic E-state index is -0.538. The van der Waals surface area contributed by atoms with Crippen molar-refractivity contribution >= 4 is 22.7 Å². The zero-order chi connectivity index (χ0) is 18.3. The smallest absolute Gasteiger partial charge is 0.268 e. The van der Waals surface area contributed by atoms with E-state index < -0.39 is 6.04 Å². The maximum absolute atomic E-state index is 12.6. The van der Waals surface area contributed by atoms with Crippen molar-refractivity contribution in [1.29, 1.82) is 0 Å². The average Bonchev–Trinajstić information content (AvgIpc) is 3.25. The lowest BCUT2D eigenvalue weighted by Gasteiger charge is -2.33. The molecule has 2 N–H and O–H groups in total. The second-order valence-corrected chi connectivity index (χ2v) is 7.63. The fraction of sp³-hybridized carbons (Fsp3) is 0.500. The van der Waals surface area contributed by atoms with E-state index in [1.165, 1.54) is 12.8 Å². The molecule has 2 fully saturated rings. The zero-order valence-corrected chi connectivity index (χ0v) is 15.3. The Kier molecular flexibility index (Phi) is 4.13. The third-order valence-electron chi connectivity index (χ3n) is 5.89. The van der Waals surface area contributed by atoms with Crippen LogP contribution in [0.3, 0.4) is 0 Å². The summed E-state index contributed by atoms with van der Waals surface area (Å²) in [7, 11) is 1.60. The van der Waals surface area contributed by atoms with Gasteiger partial charge in [-0.25, -0.2) is 0 Å². The molecule has 1 aromatic heterocycles. The number of benzene rings is 1. The summed E-state index contributed by atoms with van der Waals surface area (Å²) < 4.78 is 5.32. The molecule has 1 aliphatic carbocycles. The normalized spacial score (nSPS) is 19.4. The van der Waals surface area contributed by atoms with Crippen LogP contribution in [0.1, 0.15) is 43.1 Å². The summed E-state index contributed by atoms with van der Waals surface area (Å²) in [4.78, 5) is 30.2. The van der Waals surface area contributed by atoms with E-state index in [-0.39, 0.29) is 11.8 Å². The standard InChI is InChI=1S/C20H25N3O3/c1-13(19(25)23-10-8-20(6-7-20)9-11-23)21-18(24)15-12-14-4-3-5-16(26-2)17(14)22-15/h3-5,12-13,22H,6-11H2,1-2H3,(H,21,24)/t13-/m1/s1. The van der Waals surface area contributed by atoms with E-state index in [4.69, 9.17) is 4.74 Å². The van der Waals surface area contributed by atoms with E-state index in [1.807, 2.05) is 23.1 Å². The van der Waals surface area contributed by atoms with Crippen LogP contribution in [-0.4, -0.2) is 47.9 Å². The number of hydrogen-bond acceptors (Lipinski definition) is 3. The Hall–Kier alpha value is -2.50. The molecule has 0 bridgehead atoms. The topological polar surface area (TPSA) is 74.4 Å². The van der Waals surface area contributed by atoms with Gasteiger partial charge in [-0.3, -0.25) is 9.59 Å². The Bertz CT molecular complexity index is 843. The third kappa shape index (κ3) is 3.04. The molecule has 1 aliphatic heterocycles. The van der Waals surface area contributed by atoms with Crippen molar-refractivity contribution in [2.75, 3.05) is 20.2 Å². The van der Waals surface area contributed by atoms with Gasteiger partial charge in [0.05, 0.1) is 12.6 Å². The Labute approximate surface area is 152 Å². The van der Waals surface area contributed by atoms with Crippen molar-refractivity contribution in [1.82, 2.24) is 15.2 Å². The lowest BCUT2D eigenvalue weighted by atomic mass is 9.93. The first kappa shape index (κ1) is 16.9. The number of H-pyrrole nitrogens is 1. The van der Waals surface area contributed by atoms with Crippen LogP contribution in [0.2, 0.25) is 0 Å². The molecule has 2 aliphatic rings. The van der Waals surface area contributed by atoms with Crippen molar-refractivity contribution in [2.45, 2.75) is 38.6 Å². The largest absolute Gasteiger partial charge is 0.495 e. The number of piperidine rings is 1. The molecule has 0 radical (unpaired) electrons. The van der Waals surface area contributed by atoms with Gasteiger partial charge in [-0.1, -0.05) is 12.1 Å². The number of fused-ring (bicyclic) bond motifs is 1. The van der Waals surface area contributed by atoms with Crippen LogP contribution in [0.5, 0.6) is 5.75 Å². The number of aromatic nitrogens is 1. The first-order valence-electron chi connectivity index (χ1n) is 9.27. The lowest BCUT2D eigenvalue weighted by molar-refractivity contribution is -0.134. The number of carbonyl (C=O) groups excluding carboxylic acids is 2. The summed E-state index contributed by atoms with van der Waals surface area (Å²) in [5.41, 5.74) is 1.75. The number of amides is 2. The Morgan fingerprint density at radius 1 is 1.23 bits per heavy atom. The molecule has 2 aromatic rings. The van der Waals surface area contributed by atoms with Crippen LogP contribution in [0.25, 0.3) is 10.9 Å². The SMILES string of the molecule is COc1cccc2cc(C(=O)N[C@H](C)C(=O)N3CCC4(CC3)CC4)[nH]c12. The number of likely N-dealkylation sites (tertiary alicyclic amines) is 1. The molecule has 6 nitrogen and oxygen atoms in total. The number of nitrogens with zero attached hydrogens (tertiary/aromatic N) is 1. The maximum Gasteiger partial charge on any atom is 0.268 e. The molecule has 1 saturated heterocycles. The summed E-state index contributed by atoms with van der Waals surface area (Å²) >= 11 is 0. The van der Waals surface area contributed by atoms with Gasteiger partial charge in [0.2, 0.25) is 5.91 Å². The van der Waals surface area contributed by atoms with Crippen molar-refractivity contribution in [3.8, 4) is 5.75 Å². The number of hydrogen-bond donors (Lipinski definition) is 2. The predicted octanol–water partition coefficient (Wildman–Crippen LogP) is 2.70. The highest BCUT2D eigenvalue weighted by Crippen LogP contribution is 2.53.